The largest absolute Gasteiger partial charge is 0.385 e. The van der Waals surface area contributed by atoms with Crippen LogP contribution < -0.4 is 5.32 Å². The van der Waals surface area contributed by atoms with E-state index in [2.05, 4.69) is 17.3 Å². The van der Waals surface area contributed by atoms with Gasteiger partial charge < -0.3 is 15.0 Å². The summed E-state index contributed by atoms with van der Waals surface area (Å²) in [5.41, 5.74) is 0. The molecule has 1 aliphatic heterocycles. The summed E-state index contributed by atoms with van der Waals surface area (Å²) < 4.78 is 4.93. The number of nitrogens with zero attached hydrogens (tertiary/aromatic N) is 1. The zero-order chi connectivity index (χ0) is 11.8. The van der Waals surface area contributed by atoms with Crippen molar-refractivity contribution in [1.29, 1.82) is 0 Å². The van der Waals surface area contributed by atoms with Gasteiger partial charge in [-0.3, -0.25) is 4.79 Å². The van der Waals surface area contributed by atoms with E-state index in [0.717, 1.165) is 38.9 Å². The molecule has 4 nitrogen and oxygen atoms in total. The minimum atomic E-state index is 0.200. The van der Waals surface area contributed by atoms with Gasteiger partial charge in [0, 0.05) is 26.7 Å². The van der Waals surface area contributed by atoms with Crippen LogP contribution in [-0.2, 0) is 9.53 Å². The Kier molecular flexibility index (Phi) is 6.42. The van der Waals surface area contributed by atoms with Crippen molar-refractivity contribution in [2.24, 2.45) is 5.92 Å². The first kappa shape index (κ1) is 13.5. The van der Waals surface area contributed by atoms with E-state index in [9.17, 15) is 4.79 Å². The van der Waals surface area contributed by atoms with Gasteiger partial charge in [0.25, 0.3) is 0 Å². The number of amides is 1. The van der Waals surface area contributed by atoms with Gasteiger partial charge in [-0.05, 0) is 45.3 Å². The summed E-state index contributed by atoms with van der Waals surface area (Å²) in [6.45, 7) is 3.71. The number of hydrogen-bond acceptors (Lipinski definition) is 3. The maximum atomic E-state index is 11.6. The molecule has 0 spiro atoms. The highest BCUT2D eigenvalue weighted by molar-refractivity contribution is 5.76. The van der Waals surface area contributed by atoms with Crippen LogP contribution in [0.25, 0.3) is 0 Å². The lowest BCUT2D eigenvalue weighted by Crippen LogP contribution is -2.33. The molecule has 0 saturated carbocycles. The summed E-state index contributed by atoms with van der Waals surface area (Å²) in [6.07, 6.45) is 3.90. The number of methoxy groups -OCH3 is 1. The molecule has 0 aliphatic carbocycles. The molecule has 0 bridgehead atoms. The maximum absolute atomic E-state index is 11.6. The van der Waals surface area contributed by atoms with Crippen LogP contribution in [0.4, 0.5) is 0 Å². The quantitative estimate of drug-likeness (QED) is 0.686. The monoisotopic (exact) mass is 228 g/mol. The van der Waals surface area contributed by atoms with Gasteiger partial charge in [-0.25, -0.2) is 0 Å². The average molecular weight is 228 g/mol. The molecule has 0 aromatic carbocycles. The molecule has 1 N–H and O–H groups in total. The third-order valence-electron chi connectivity index (χ3n) is 3.16. The van der Waals surface area contributed by atoms with Crippen LogP contribution >= 0.6 is 0 Å². The maximum Gasteiger partial charge on any atom is 0.220 e. The van der Waals surface area contributed by atoms with Crippen LogP contribution in [0.3, 0.4) is 0 Å². The summed E-state index contributed by atoms with van der Waals surface area (Å²) in [6, 6.07) is 0. The third-order valence-corrected chi connectivity index (χ3v) is 3.16. The Hall–Kier alpha value is -0.610. The highest BCUT2D eigenvalue weighted by atomic mass is 16.5. The molecule has 94 valence electrons. The molecule has 0 atom stereocenters. The molecule has 1 saturated heterocycles. The Bertz CT molecular complexity index is 201. The summed E-state index contributed by atoms with van der Waals surface area (Å²) >= 11 is 0. The molecule has 0 aromatic heterocycles. The van der Waals surface area contributed by atoms with Gasteiger partial charge >= 0.3 is 0 Å². The van der Waals surface area contributed by atoms with Crippen LogP contribution in [0.2, 0.25) is 0 Å². The van der Waals surface area contributed by atoms with E-state index in [1.807, 2.05) is 0 Å². The fourth-order valence-electron chi connectivity index (χ4n) is 2.04. The molecule has 1 rings (SSSR count). The molecular formula is C12H24N2O2. The Morgan fingerprint density at radius 3 is 2.75 bits per heavy atom. The number of carbonyl (C=O) groups is 1. The topological polar surface area (TPSA) is 41.6 Å². The van der Waals surface area contributed by atoms with Gasteiger partial charge in [-0.2, -0.15) is 0 Å². The summed E-state index contributed by atoms with van der Waals surface area (Å²) in [5, 5.41) is 2.94. The SMILES string of the molecule is COCCCNC(=O)CC1CCN(C)CC1. The fourth-order valence-corrected chi connectivity index (χ4v) is 2.04. The van der Waals surface area contributed by atoms with Crippen LogP contribution in [0.1, 0.15) is 25.7 Å². The second-order valence-electron chi connectivity index (χ2n) is 4.65. The number of ether oxygens (including phenoxy) is 1. The predicted octanol–water partition coefficient (Wildman–Crippen LogP) is 0.871. The number of carbonyl (C=O) groups excluding carboxylic acids is 1. The number of rotatable bonds is 6. The molecule has 1 amide bonds. The van der Waals surface area contributed by atoms with Gasteiger partial charge in [-0.1, -0.05) is 0 Å². The van der Waals surface area contributed by atoms with E-state index in [1.165, 1.54) is 0 Å². The van der Waals surface area contributed by atoms with Crippen molar-refractivity contribution >= 4 is 5.91 Å². The van der Waals surface area contributed by atoms with E-state index in [-0.39, 0.29) is 5.91 Å². The van der Waals surface area contributed by atoms with Crippen LogP contribution in [-0.4, -0.2) is 51.2 Å². The first-order valence-electron chi connectivity index (χ1n) is 6.16. The van der Waals surface area contributed by atoms with E-state index in [1.54, 1.807) is 7.11 Å². The minimum Gasteiger partial charge on any atom is -0.385 e. The predicted molar refractivity (Wildman–Crippen MR) is 64.3 cm³/mol. The lowest BCUT2D eigenvalue weighted by Gasteiger charge is -2.28. The minimum absolute atomic E-state index is 0.200. The van der Waals surface area contributed by atoms with Crippen molar-refractivity contribution < 1.29 is 9.53 Å². The molecule has 1 heterocycles. The van der Waals surface area contributed by atoms with Crippen molar-refractivity contribution in [3.8, 4) is 0 Å². The van der Waals surface area contributed by atoms with Crippen molar-refractivity contribution in [2.45, 2.75) is 25.7 Å². The van der Waals surface area contributed by atoms with E-state index >= 15 is 0 Å². The zero-order valence-electron chi connectivity index (χ0n) is 10.5. The number of likely N-dealkylation sites (tertiary alicyclic amines) is 1. The fraction of sp³-hybridized carbons (Fsp3) is 0.917. The molecule has 4 heteroatoms. The number of nitrogens with one attached hydrogen (secondary N) is 1. The second-order valence-corrected chi connectivity index (χ2v) is 4.65. The molecule has 1 fully saturated rings. The van der Waals surface area contributed by atoms with Crippen LogP contribution in [0.5, 0.6) is 0 Å². The Balaban J connectivity index is 2.05. The molecule has 0 radical (unpaired) electrons. The highest BCUT2D eigenvalue weighted by Gasteiger charge is 2.18. The highest BCUT2D eigenvalue weighted by Crippen LogP contribution is 2.18. The van der Waals surface area contributed by atoms with Crippen molar-refractivity contribution in [3.63, 3.8) is 0 Å². The smallest absolute Gasteiger partial charge is 0.220 e. The first-order chi connectivity index (χ1) is 7.72. The molecule has 16 heavy (non-hydrogen) atoms. The van der Waals surface area contributed by atoms with E-state index in [0.29, 0.717) is 18.9 Å². The van der Waals surface area contributed by atoms with Gasteiger partial charge in [0.15, 0.2) is 0 Å². The summed E-state index contributed by atoms with van der Waals surface area (Å²) in [7, 11) is 3.82. The zero-order valence-corrected chi connectivity index (χ0v) is 10.5. The molecular weight excluding hydrogens is 204 g/mol. The van der Waals surface area contributed by atoms with Crippen molar-refractivity contribution in [2.75, 3.05) is 40.4 Å². The normalized spacial score (nSPS) is 18.6. The average Bonchev–Trinajstić information content (AvgIpc) is 2.28. The number of piperidine rings is 1. The standard InChI is InChI=1S/C12H24N2O2/c1-14-7-4-11(5-8-14)10-12(15)13-6-3-9-16-2/h11H,3-10H2,1-2H3,(H,13,15). The lowest BCUT2D eigenvalue weighted by atomic mass is 9.93. The second kappa shape index (κ2) is 7.63. The summed E-state index contributed by atoms with van der Waals surface area (Å²) in [5.74, 6) is 0.782. The molecule has 0 aromatic rings. The van der Waals surface area contributed by atoms with Gasteiger partial charge in [0.1, 0.15) is 0 Å². The van der Waals surface area contributed by atoms with Gasteiger partial charge in [-0.15, -0.1) is 0 Å². The van der Waals surface area contributed by atoms with Crippen LogP contribution in [0, 0.1) is 5.92 Å². The first-order valence-corrected chi connectivity index (χ1v) is 6.16. The van der Waals surface area contributed by atoms with Crippen LogP contribution in [0.15, 0.2) is 0 Å². The van der Waals surface area contributed by atoms with Crippen molar-refractivity contribution in [3.05, 3.63) is 0 Å². The lowest BCUT2D eigenvalue weighted by molar-refractivity contribution is -0.122. The molecule has 1 aliphatic rings. The van der Waals surface area contributed by atoms with E-state index in [4.69, 9.17) is 4.74 Å². The summed E-state index contributed by atoms with van der Waals surface area (Å²) in [4.78, 5) is 13.9. The Labute approximate surface area is 98.3 Å². The van der Waals surface area contributed by atoms with Gasteiger partial charge in [0.2, 0.25) is 5.91 Å². The van der Waals surface area contributed by atoms with Gasteiger partial charge in [0.05, 0.1) is 0 Å². The molecule has 0 unspecified atom stereocenters. The Morgan fingerprint density at radius 1 is 1.44 bits per heavy atom. The van der Waals surface area contributed by atoms with Crippen molar-refractivity contribution in [1.82, 2.24) is 10.2 Å². The van der Waals surface area contributed by atoms with E-state index < -0.39 is 0 Å². The number of hydrogen-bond donors (Lipinski definition) is 1. The third kappa shape index (κ3) is 5.47. The Morgan fingerprint density at radius 2 is 2.12 bits per heavy atom.